The van der Waals surface area contributed by atoms with Gasteiger partial charge in [-0.15, -0.1) is 0 Å². The van der Waals surface area contributed by atoms with E-state index in [-0.39, 0.29) is 4.66 Å². The van der Waals surface area contributed by atoms with E-state index in [1.165, 1.54) is 65.9 Å². The van der Waals surface area contributed by atoms with E-state index in [0.29, 0.717) is 0 Å². The summed E-state index contributed by atoms with van der Waals surface area (Å²) in [4.78, 5) is 4.82. The number of anilines is 6. The fourth-order valence-electron chi connectivity index (χ4n) is 11.2. The smallest absolute Gasteiger partial charge is 0.0579 e. The average Bonchev–Trinajstić information content (AvgIpc) is 3.60. The number of fused-ring (bicyclic) bond motifs is 10. The van der Waals surface area contributed by atoms with Gasteiger partial charge in [-0.05, 0) is 141 Å². The summed E-state index contributed by atoms with van der Waals surface area (Å²) in [5.41, 5.74) is 15.5. The molecule has 0 heterocycles. The largest absolute Gasteiger partial charge is 0.310 e. The molecule has 0 aromatic heterocycles. The van der Waals surface area contributed by atoms with Gasteiger partial charge in [-0.2, -0.15) is 0 Å². The number of aryl methyl sites for hydroxylation is 2. The Morgan fingerprint density at radius 1 is 0.344 bits per heavy atom. The SMILES string of the molecule is Cc1ccc(N(c2ccccc2)c2ccc3c4c(ccc3c2)-c2c(c3ccc(N(c5ccccc5)c5ccc(C)cc5)cc3c3ccccc23)C4([Si](C)(C)C)[Si](C)(C)C)cc1. The molecule has 2 nitrogen and oxygen atoms in total. The summed E-state index contributed by atoms with van der Waals surface area (Å²) in [6.45, 7) is 20.2. The van der Waals surface area contributed by atoms with Gasteiger partial charge in [0.05, 0.1) is 16.1 Å². The Bertz CT molecular complexity index is 3090. The molecule has 0 aliphatic heterocycles. The van der Waals surface area contributed by atoms with Crippen LogP contribution >= 0.6 is 0 Å². The van der Waals surface area contributed by atoms with Crippen LogP contribution in [0.2, 0.25) is 39.3 Å². The standard InChI is InChI=1S/C57H54N2Si2/c1-39-23-28-44(29-24-39)58(42-17-11-9-12-18-42)46-32-35-48-41(37-46)27-34-52-54-50-22-16-15-21-49(50)53-38-47(59(43-19-13-10-14-20-43)45-30-25-40(2)26-31-45)33-36-51(53)56(54)57(55(48)52,60(3,4)5)61(6,7)8/h9-38H,1-8H3. The van der Waals surface area contributed by atoms with E-state index >= 15 is 0 Å². The lowest BCUT2D eigenvalue weighted by Crippen LogP contribution is -2.63. The van der Waals surface area contributed by atoms with Crippen molar-refractivity contribution >= 4 is 82.6 Å². The van der Waals surface area contributed by atoms with Crippen molar-refractivity contribution < 1.29 is 0 Å². The molecule has 1 aliphatic rings. The molecule has 0 amide bonds. The molecule has 0 bridgehead atoms. The normalized spacial score (nSPS) is 13.4. The molecule has 0 unspecified atom stereocenters. The van der Waals surface area contributed by atoms with E-state index in [4.69, 9.17) is 0 Å². The lowest BCUT2D eigenvalue weighted by Gasteiger charge is -2.52. The van der Waals surface area contributed by atoms with E-state index in [1.54, 1.807) is 11.1 Å². The minimum Gasteiger partial charge on any atom is -0.310 e. The van der Waals surface area contributed by atoms with E-state index in [9.17, 15) is 0 Å². The maximum atomic E-state index is 2.65. The van der Waals surface area contributed by atoms with Gasteiger partial charge in [-0.1, -0.05) is 160 Å². The fourth-order valence-corrected chi connectivity index (χ4v) is 24.3. The first-order chi connectivity index (χ1) is 29.4. The fraction of sp³-hybridized carbons (Fsp3) is 0.158. The number of nitrogens with zero attached hydrogens (tertiary/aromatic N) is 2. The zero-order valence-electron chi connectivity index (χ0n) is 36.7. The molecule has 0 saturated carbocycles. The van der Waals surface area contributed by atoms with Crippen molar-refractivity contribution in [2.24, 2.45) is 0 Å². The number of hydrogen-bond acceptors (Lipinski definition) is 2. The van der Waals surface area contributed by atoms with Gasteiger partial charge in [-0.25, -0.2) is 0 Å². The quantitative estimate of drug-likeness (QED) is 0.111. The van der Waals surface area contributed by atoms with Crippen LogP contribution < -0.4 is 9.80 Å². The average molecular weight is 823 g/mol. The second kappa shape index (κ2) is 14.5. The molecule has 0 radical (unpaired) electrons. The predicted molar refractivity (Wildman–Crippen MR) is 271 cm³/mol. The number of para-hydroxylation sites is 2. The van der Waals surface area contributed by atoms with Crippen LogP contribution in [0.1, 0.15) is 22.3 Å². The van der Waals surface area contributed by atoms with Crippen molar-refractivity contribution in [2.75, 3.05) is 9.80 Å². The lowest BCUT2D eigenvalue weighted by atomic mass is 9.91. The Morgan fingerprint density at radius 2 is 0.787 bits per heavy atom. The molecule has 9 aromatic carbocycles. The van der Waals surface area contributed by atoms with Gasteiger partial charge in [0, 0.05) is 38.8 Å². The first-order valence-electron chi connectivity index (χ1n) is 21.8. The van der Waals surface area contributed by atoms with Crippen LogP contribution in [-0.4, -0.2) is 16.1 Å². The minimum absolute atomic E-state index is 0.0817. The summed E-state index contributed by atoms with van der Waals surface area (Å²) in [6.07, 6.45) is 0. The summed E-state index contributed by atoms with van der Waals surface area (Å²) >= 11 is 0. The zero-order valence-corrected chi connectivity index (χ0v) is 38.7. The highest BCUT2D eigenvalue weighted by atomic mass is 28.4. The highest BCUT2D eigenvalue weighted by Crippen LogP contribution is 2.63. The Labute approximate surface area is 363 Å². The van der Waals surface area contributed by atoms with Crippen molar-refractivity contribution in [1.29, 1.82) is 0 Å². The van der Waals surface area contributed by atoms with Crippen molar-refractivity contribution in [3.8, 4) is 11.1 Å². The van der Waals surface area contributed by atoms with Crippen LogP contribution in [0.5, 0.6) is 0 Å². The van der Waals surface area contributed by atoms with Crippen LogP contribution in [-0.2, 0) is 4.66 Å². The molecule has 4 heteroatoms. The number of hydrogen-bond donors (Lipinski definition) is 0. The molecule has 61 heavy (non-hydrogen) atoms. The number of benzene rings is 9. The second-order valence-electron chi connectivity index (χ2n) is 19.2. The molecule has 0 spiro atoms. The van der Waals surface area contributed by atoms with Crippen LogP contribution in [0, 0.1) is 13.8 Å². The van der Waals surface area contributed by atoms with E-state index in [0.717, 1.165) is 22.7 Å². The Hall–Kier alpha value is -6.21. The summed E-state index contributed by atoms with van der Waals surface area (Å²) in [5, 5.41) is 8.09. The molecule has 10 rings (SSSR count). The van der Waals surface area contributed by atoms with E-state index in [2.05, 4.69) is 245 Å². The predicted octanol–water partition coefficient (Wildman–Crippen LogP) is 16.7. The third kappa shape index (κ3) is 6.10. The van der Waals surface area contributed by atoms with Gasteiger partial charge in [0.1, 0.15) is 0 Å². The summed E-state index contributed by atoms with van der Waals surface area (Å²) < 4.78 is -0.0817. The van der Waals surface area contributed by atoms with Crippen LogP contribution in [0.15, 0.2) is 182 Å². The van der Waals surface area contributed by atoms with Crippen LogP contribution in [0.3, 0.4) is 0 Å². The zero-order chi connectivity index (χ0) is 42.3. The van der Waals surface area contributed by atoms with Crippen LogP contribution in [0.4, 0.5) is 34.1 Å². The van der Waals surface area contributed by atoms with Crippen molar-refractivity contribution in [3.63, 3.8) is 0 Å². The Balaban J connectivity index is 1.26. The second-order valence-corrected chi connectivity index (χ2v) is 30.2. The first kappa shape index (κ1) is 39.0. The van der Waals surface area contributed by atoms with Crippen molar-refractivity contribution in [2.45, 2.75) is 57.8 Å². The van der Waals surface area contributed by atoms with E-state index in [1.807, 2.05) is 0 Å². The van der Waals surface area contributed by atoms with Gasteiger partial charge in [0.2, 0.25) is 0 Å². The lowest BCUT2D eigenvalue weighted by molar-refractivity contribution is 0.973. The van der Waals surface area contributed by atoms with E-state index < -0.39 is 16.1 Å². The molecular formula is C57H54N2Si2. The van der Waals surface area contributed by atoms with Gasteiger partial charge in [-0.3, -0.25) is 0 Å². The summed E-state index contributed by atoms with van der Waals surface area (Å²) in [7, 11) is -4.17. The Morgan fingerprint density at radius 3 is 1.31 bits per heavy atom. The van der Waals surface area contributed by atoms with Gasteiger partial charge < -0.3 is 9.80 Å². The van der Waals surface area contributed by atoms with Gasteiger partial charge >= 0.3 is 0 Å². The maximum Gasteiger partial charge on any atom is 0.0579 e. The van der Waals surface area contributed by atoms with Gasteiger partial charge in [0.25, 0.3) is 0 Å². The highest BCUT2D eigenvalue weighted by Gasteiger charge is 2.60. The van der Waals surface area contributed by atoms with Crippen molar-refractivity contribution in [1.82, 2.24) is 0 Å². The highest BCUT2D eigenvalue weighted by molar-refractivity contribution is 7.00. The number of rotatable bonds is 8. The molecule has 300 valence electrons. The molecule has 1 aliphatic carbocycles. The Kier molecular flexibility index (Phi) is 9.24. The molecule has 0 N–H and O–H groups in total. The molecular weight excluding hydrogens is 769 g/mol. The molecule has 0 fully saturated rings. The summed E-state index contributed by atoms with van der Waals surface area (Å²) in [5.74, 6) is 0. The molecule has 0 saturated heterocycles. The third-order valence-corrected chi connectivity index (χ3v) is 23.4. The topological polar surface area (TPSA) is 6.48 Å². The molecule has 9 aromatic rings. The minimum atomic E-state index is -2.09. The van der Waals surface area contributed by atoms with Gasteiger partial charge in [0.15, 0.2) is 0 Å². The molecule has 0 atom stereocenters. The maximum absolute atomic E-state index is 2.65. The van der Waals surface area contributed by atoms with Crippen molar-refractivity contribution in [3.05, 3.63) is 204 Å². The van der Waals surface area contributed by atoms with Crippen LogP contribution in [0.25, 0.3) is 43.4 Å². The monoisotopic (exact) mass is 822 g/mol. The first-order valence-corrected chi connectivity index (χ1v) is 28.8. The third-order valence-electron chi connectivity index (χ3n) is 13.4. The summed E-state index contributed by atoms with van der Waals surface area (Å²) in [6, 6.07) is 68.3.